The van der Waals surface area contributed by atoms with E-state index in [4.69, 9.17) is 16.6 Å². The van der Waals surface area contributed by atoms with Gasteiger partial charge in [0.05, 0.1) is 0 Å². The molecule has 0 bridgehead atoms. The number of rotatable bonds is 5. The van der Waals surface area contributed by atoms with Gasteiger partial charge in [0.15, 0.2) is 0 Å². The molecule has 4 heteroatoms. The number of hydrogen-bond donors (Lipinski definition) is 0. The molecule has 1 aliphatic rings. The quantitative estimate of drug-likeness (QED) is 0.757. The maximum Gasteiger partial charge on any atom is 0.137 e. The number of anilines is 1. The van der Waals surface area contributed by atoms with E-state index in [1.54, 1.807) is 0 Å². The molecule has 0 radical (unpaired) electrons. The Morgan fingerprint density at radius 2 is 2.00 bits per heavy atom. The number of nitrogens with zero attached hydrogens (tertiary/aromatic N) is 3. The smallest absolute Gasteiger partial charge is 0.137 e. The van der Waals surface area contributed by atoms with Gasteiger partial charge in [0.2, 0.25) is 0 Å². The molecule has 0 amide bonds. The lowest BCUT2D eigenvalue weighted by Gasteiger charge is -2.30. The molecule has 1 saturated carbocycles. The highest BCUT2D eigenvalue weighted by atomic mass is 35.5. The zero-order valence-electron chi connectivity index (χ0n) is 11.7. The minimum Gasteiger partial charge on any atom is -0.354 e. The van der Waals surface area contributed by atoms with Gasteiger partial charge in [-0.1, -0.05) is 18.5 Å². The summed E-state index contributed by atoms with van der Waals surface area (Å²) in [6.45, 7) is 9.56. The third kappa shape index (κ3) is 2.61. The molecule has 18 heavy (non-hydrogen) atoms. The van der Waals surface area contributed by atoms with E-state index in [9.17, 15) is 0 Å². The van der Waals surface area contributed by atoms with Gasteiger partial charge in [-0.15, -0.1) is 0 Å². The fourth-order valence-electron chi connectivity index (χ4n) is 2.19. The molecule has 0 aliphatic heterocycles. The van der Waals surface area contributed by atoms with Gasteiger partial charge in [-0.3, -0.25) is 0 Å². The largest absolute Gasteiger partial charge is 0.354 e. The molecule has 0 N–H and O–H groups in total. The molecular weight excluding hydrogens is 246 g/mol. The van der Waals surface area contributed by atoms with E-state index in [1.807, 2.05) is 6.92 Å². The van der Waals surface area contributed by atoms with Crippen molar-refractivity contribution in [2.75, 3.05) is 11.4 Å². The van der Waals surface area contributed by atoms with E-state index in [0.29, 0.717) is 17.1 Å². The summed E-state index contributed by atoms with van der Waals surface area (Å²) in [7, 11) is 0. The molecule has 0 spiro atoms. The van der Waals surface area contributed by atoms with Crippen molar-refractivity contribution in [1.82, 2.24) is 9.97 Å². The topological polar surface area (TPSA) is 29.0 Å². The van der Waals surface area contributed by atoms with Gasteiger partial charge in [0.25, 0.3) is 0 Å². The van der Waals surface area contributed by atoms with Gasteiger partial charge in [0.1, 0.15) is 16.8 Å². The fourth-order valence-corrected chi connectivity index (χ4v) is 2.36. The van der Waals surface area contributed by atoms with Crippen LogP contribution < -0.4 is 4.90 Å². The molecule has 0 saturated heterocycles. The maximum atomic E-state index is 6.26. The van der Waals surface area contributed by atoms with E-state index >= 15 is 0 Å². The van der Waals surface area contributed by atoms with Crippen LogP contribution in [-0.4, -0.2) is 22.6 Å². The standard InChI is InChI=1S/C14H22ClN3/c1-5-9(3)18(6-2)14-10(4)12(15)16-13(17-14)11-7-8-11/h9,11H,5-8H2,1-4H3. The summed E-state index contributed by atoms with van der Waals surface area (Å²) in [6, 6.07) is 0.478. The van der Waals surface area contributed by atoms with Crippen molar-refractivity contribution in [2.45, 2.75) is 58.9 Å². The molecule has 2 rings (SSSR count). The first-order chi connectivity index (χ1) is 8.58. The second-order valence-electron chi connectivity index (χ2n) is 5.14. The molecule has 1 atom stereocenters. The number of hydrogen-bond acceptors (Lipinski definition) is 3. The van der Waals surface area contributed by atoms with Crippen LogP contribution in [0.25, 0.3) is 0 Å². The van der Waals surface area contributed by atoms with Crippen molar-refractivity contribution in [3.05, 3.63) is 16.5 Å². The molecule has 1 aliphatic carbocycles. The van der Waals surface area contributed by atoms with Gasteiger partial charge < -0.3 is 4.90 Å². The summed E-state index contributed by atoms with van der Waals surface area (Å²) in [5.74, 6) is 2.49. The average molecular weight is 268 g/mol. The molecule has 1 fully saturated rings. The molecule has 100 valence electrons. The Hall–Kier alpha value is -0.830. The molecule has 0 aromatic carbocycles. The summed E-state index contributed by atoms with van der Waals surface area (Å²) in [4.78, 5) is 11.5. The Labute approximate surface area is 115 Å². The Kier molecular flexibility index (Phi) is 4.10. The first-order valence-corrected chi connectivity index (χ1v) is 7.26. The van der Waals surface area contributed by atoms with Crippen LogP contribution in [0.3, 0.4) is 0 Å². The van der Waals surface area contributed by atoms with Crippen LogP contribution in [-0.2, 0) is 0 Å². The van der Waals surface area contributed by atoms with Crippen LogP contribution in [0.2, 0.25) is 5.15 Å². The van der Waals surface area contributed by atoms with Crippen LogP contribution in [0, 0.1) is 6.92 Å². The van der Waals surface area contributed by atoms with Crippen molar-refractivity contribution in [3.8, 4) is 0 Å². The van der Waals surface area contributed by atoms with Crippen molar-refractivity contribution in [1.29, 1.82) is 0 Å². The monoisotopic (exact) mass is 267 g/mol. The van der Waals surface area contributed by atoms with Crippen LogP contribution in [0.5, 0.6) is 0 Å². The van der Waals surface area contributed by atoms with E-state index in [-0.39, 0.29) is 0 Å². The van der Waals surface area contributed by atoms with Crippen molar-refractivity contribution < 1.29 is 0 Å². The third-order valence-electron chi connectivity index (χ3n) is 3.76. The maximum absolute atomic E-state index is 6.26. The van der Waals surface area contributed by atoms with Crippen molar-refractivity contribution in [2.24, 2.45) is 0 Å². The molecule has 1 unspecified atom stereocenters. The summed E-state index contributed by atoms with van der Waals surface area (Å²) in [5.41, 5.74) is 1.00. The Bertz CT molecular complexity index is 429. The number of halogens is 1. The third-order valence-corrected chi connectivity index (χ3v) is 4.12. The zero-order chi connectivity index (χ0) is 13.3. The van der Waals surface area contributed by atoms with Crippen LogP contribution in [0.1, 0.15) is 57.3 Å². The van der Waals surface area contributed by atoms with E-state index < -0.39 is 0 Å². The normalized spacial score (nSPS) is 16.7. The van der Waals surface area contributed by atoms with E-state index in [2.05, 4.69) is 30.7 Å². The molecule has 1 heterocycles. The summed E-state index contributed by atoms with van der Waals surface area (Å²) in [6.07, 6.45) is 3.51. The van der Waals surface area contributed by atoms with Gasteiger partial charge >= 0.3 is 0 Å². The van der Waals surface area contributed by atoms with Crippen LogP contribution >= 0.6 is 11.6 Å². The lowest BCUT2D eigenvalue weighted by Crippen LogP contribution is -2.34. The van der Waals surface area contributed by atoms with Gasteiger partial charge in [-0.2, -0.15) is 0 Å². The van der Waals surface area contributed by atoms with Gasteiger partial charge in [-0.25, -0.2) is 9.97 Å². The Balaban J connectivity index is 2.40. The highest BCUT2D eigenvalue weighted by Gasteiger charge is 2.29. The minimum absolute atomic E-state index is 0.478. The molecular formula is C14H22ClN3. The second-order valence-corrected chi connectivity index (χ2v) is 5.50. The first-order valence-electron chi connectivity index (χ1n) is 6.89. The zero-order valence-corrected chi connectivity index (χ0v) is 12.5. The predicted octanol–water partition coefficient (Wildman–Crippen LogP) is 3.94. The SMILES string of the molecule is CCC(C)N(CC)c1nc(C2CC2)nc(Cl)c1C. The summed E-state index contributed by atoms with van der Waals surface area (Å²) < 4.78 is 0. The second kappa shape index (κ2) is 5.43. The Morgan fingerprint density at radius 3 is 2.50 bits per heavy atom. The highest BCUT2D eigenvalue weighted by Crippen LogP contribution is 2.40. The molecule has 1 aromatic heterocycles. The lowest BCUT2D eigenvalue weighted by atomic mass is 10.2. The first kappa shape index (κ1) is 13.6. The average Bonchev–Trinajstić information content (AvgIpc) is 3.18. The summed E-state index contributed by atoms with van der Waals surface area (Å²) >= 11 is 6.26. The predicted molar refractivity (Wildman–Crippen MR) is 76.5 cm³/mol. The van der Waals surface area contributed by atoms with E-state index in [1.165, 1.54) is 12.8 Å². The van der Waals surface area contributed by atoms with Gasteiger partial charge in [0, 0.05) is 24.1 Å². The van der Waals surface area contributed by atoms with Gasteiger partial charge in [-0.05, 0) is 40.0 Å². The van der Waals surface area contributed by atoms with Crippen LogP contribution in [0.15, 0.2) is 0 Å². The molecule has 3 nitrogen and oxygen atoms in total. The lowest BCUT2D eigenvalue weighted by molar-refractivity contribution is 0.618. The minimum atomic E-state index is 0.478. The van der Waals surface area contributed by atoms with Crippen molar-refractivity contribution in [3.63, 3.8) is 0 Å². The molecule has 1 aromatic rings. The van der Waals surface area contributed by atoms with E-state index in [0.717, 1.165) is 30.2 Å². The Morgan fingerprint density at radius 1 is 1.33 bits per heavy atom. The highest BCUT2D eigenvalue weighted by molar-refractivity contribution is 6.30. The fraction of sp³-hybridized carbons (Fsp3) is 0.714. The van der Waals surface area contributed by atoms with Crippen molar-refractivity contribution >= 4 is 17.4 Å². The van der Waals surface area contributed by atoms with Crippen LogP contribution in [0.4, 0.5) is 5.82 Å². The summed E-state index contributed by atoms with van der Waals surface area (Å²) in [5, 5.41) is 0.614. The number of aromatic nitrogens is 2.